The molecule has 5 nitrogen and oxygen atoms in total. The molecule has 2 aromatic carbocycles. The molecule has 1 atom stereocenters. The minimum Gasteiger partial charge on any atom is -0.508 e. The molecule has 1 fully saturated rings. The zero-order chi connectivity index (χ0) is 19.9. The van der Waals surface area contributed by atoms with Crippen molar-refractivity contribution < 1.29 is 14.9 Å². The lowest BCUT2D eigenvalue weighted by molar-refractivity contribution is 0.0491. The zero-order valence-corrected chi connectivity index (χ0v) is 17.1. The normalized spacial score (nSPS) is 18.3. The summed E-state index contributed by atoms with van der Waals surface area (Å²) in [6, 6.07) is 13.6. The number of piperazine rings is 1. The van der Waals surface area contributed by atoms with Crippen molar-refractivity contribution in [3.05, 3.63) is 58.6 Å². The van der Waals surface area contributed by atoms with Gasteiger partial charge in [0.1, 0.15) is 11.5 Å². The largest absolute Gasteiger partial charge is 0.508 e. The predicted octanol–water partition coefficient (Wildman–Crippen LogP) is 3.51. The van der Waals surface area contributed by atoms with Crippen LogP contribution in [-0.2, 0) is 13.1 Å². The standard InChI is InChI=1S/C22H29ClN2O3/c1-2-28-22-6-4-3-5-17(22)15-25-11-10-24(16-20(25)9-12-26)14-18-13-19(23)7-8-21(18)27/h3-8,13,20,26-27H,2,9-12,14-16H2,1H3/t20-/m1/s1. The first-order valence-electron chi connectivity index (χ1n) is 9.86. The van der Waals surface area contributed by atoms with Gasteiger partial charge in [-0.25, -0.2) is 0 Å². The summed E-state index contributed by atoms with van der Waals surface area (Å²) in [6.07, 6.45) is 0.717. The van der Waals surface area contributed by atoms with Crippen LogP contribution in [-0.4, -0.2) is 58.9 Å². The van der Waals surface area contributed by atoms with Crippen molar-refractivity contribution in [1.29, 1.82) is 0 Å². The number of phenolic OH excluding ortho intramolecular Hbond substituents is 1. The fourth-order valence-corrected chi connectivity index (χ4v) is 4.00. The lowest BCUT2D eigenvalue weighted by Crippen LogP contribution is -2.52. The van der Waals surface area contributed by atoms with Gasteiger partial charge in [0.05, 0.1) is 6.61 Å². The van der Waals surface area contributed by atoms with E-state index in [0.717, 1.165) is 43.9 Å². The van der Waals surface area contributed by atoms with Crippen molar-refractivity contribution in [3.63, 3.8) is 0 Å². The third-order valence-corrected chi connectivity index (χ3v) is 5.47. The van der Waals surface area contributed by atoms with E-state index in [4.69, 9.17) is 16.3 Å². The van der Waals surface area contributed by atoms with Crippen molar-refractivity contribution in [1.82, 2.24) is 9.80 Å². The number of aliphatic hydroxyl groups is 1. The average molecular weight is 405 g/mol. The van der Waals surface area contributed by atoms with Crippen molar-refractivity contribution in [2.75, 3.05) is 32.8 Å². The molecule has 0 spiro atoms. The molecule has 2 N–H and O–H groups in total. The molecule has 152 valence electrons. The van der Waals surface area contributed by atoms with Crippen LogP contribution in [0.5, 0.6) is 11.5 Å². The van der Waals surface area contributed by atoms with Crippen LogP contribution in [0.25, 0.3) is 0 Å². The van der Waals surface area contributed by atoms with Gasteiger partial charge in [-0.15, -0.1) is 0 Å². The van der Waals surface area contributed by atoms with E-state index < -0.39 is 0 Å². The highest BCUT2D eigenvalue weighted by atomic mass is 35.5. The summed E-state index contributed by atoms with van der Waals surface area (Å²) in [5.74, 6) is 1.20. The Balaban J connectivity index is 1.68. The number of aromatic hydroxyl groups is 1. The highest BCUT2D eigenvalue weighted by Gasteiger charge is 2.27. The molecule has 1 heterocycles. The minimum atomic E-state index is 0.157. The molecule has 0 radical (unpaired) electrons. The average Bonchev–Trinajstić information content (AvgIpc) is 2.68. The molecule has 1 saturated heterocycles. The SMILES string of the molecule is CCOc1ccccc1CN1CCN(Cc2cc(Cl)ccc2O)C[C@H]1CCO. The molecule has 0 aliphatic carbocycles. The second-order valence-corrected chi connectivity index (χ2v) is 7.62. The number of hydrogen-bond acceptors (Lipinski definition) is 5. The van der Waals surface area contributed by atoms with Crippen LogP contribution in [0.2, 0.25) is 5.02 Å². The summed E-state index contributed by atoms with van der Waals surface area (Å²) in [7, 11) is 0. The summed E-state index contributed by atoms with van der Waals surface area (Å²) in [5, 5.41) is 20.3. The van der Waals surface area contributed by atoms with Gasteiger partial charge in [-0.2, -0.15) is 0 Å². The Labute approximate surface area is 172 Å². The summed E-state index contributed by atoms with van der Waals surface area (Å²) < 4.78 is 5.77. The van der Waals surface area contributed by atoms with Gasteiger partial charge in [0.25, 0.3) is 0 Å². The van der Waals surface area contributed by atoms with E-state index in [9.17, 15) is 10.2 Å². The van der Waals surface area contributed by atoms with Crippen LogP contribution < -0.4 is 4.74 Å². The first-order valence-corrected chi connectivity index (χ1v) is 10.2. The maximum Gasteiger partial charge on any atom is 0.123 e. The number of rotatable bonds is 8. The second kappa shape index (κ2) is 10.1. The molecule has 28 heavy (non-hydrogen) atoms. The molecular weight excluding hydrogens is 376 g/mol. The summed E-state index contributed by atoms with van der Waals surface area (Å²) in [4.78, 5) is 4.74. The van der Waals surface area contributed by atoms with E-state index in [0.29, 0.717) is 18.2 Å². The predicted molar refractivity (Wildman–Crippen MR) is 112 cm³/mol. The Bertz CT molecular complexity index is 771. The zero-order valence-electron chi connectivity index (χ0n) is 16.4. The van der Waals surface area contributed by atoms with Gasteiger partial charge < -0.3 is 14.9 Å². The Morgan fingerprint density at radius 3 is 2.71 bits per heavy atom. The monoisotopic (exact) mass is 404 g/mol. The third kappa shape index (κ3) is 5.39. The molecule has 3 rings (SSSR count). The topological polar surface area (TPSA) is 56.2 Å². The number of benzene rings is 2. The van der Waals surface area contributed by atoms with Gasteiger partial charge >= 0.3 is 0 Å². The molecule has 6 heteroatoms. The van der Waals surface area contributed by atoms with Crippen LogP contribution in [0.15, 0.2) is 42.5 Å². The van der Waals surface area contributed by atoms with Gasteiger partial charge in [-0.1, -0.05) is 29.8 Å². The van der Waals surface area contributed by atoms with E-state index in [1.165, 1.54) is 5.56 Å². The second-order valence-electron chi connectivity index (χ2n) is 7.19. The van der Waals surface area contributed by atoms with Crippen LogP contribution in [0.3, 0.4) is 0 Å². The number of nitrogens with zero attached hydrogens (tertiary/aromatic N) is 2. The Kier molecular flexibility index (Phi) is 7.57. The fraction of sp³-hybridized carbons (Fsp3) is 0.455. The molecule has 0 amide bonds. The number of halogens is 1. The highest BCUT2D eigenvalue weighted by Crippen LogP contribution is 2.26. The third-order valence-electron chi connectivity index (χ3n) is 5.23. The lowest BCUT2D eigenvalue weighted by atomic mass is 10.1. The van der Waals surface area contributed by atoms with Crippen molar-refractivity contribution in [2.45, 2.75) is 32.5 Å². The van der Waals surface area contributed by atoms with E-state index in [1.54, 1.807) is 12.1 Å². The van der Waals surface area contributed by atoms with Crippen LogP contribution in [0, 0.1) is 0 Å². The van der Waals surface area contributed by atoms with Crippen LogP contribution >= 0.6 is 11.6 Å². The quantitative estimate of drug-likeness (QED) is 0.705. The molecule has 1 aliphatic heterocycles. The molecule has 0 saturated carbocycles. The first-order chi connectivity index (χ1) is 13.6. The maximum atomic E-state index is 10.1. The Morgan fingerprint density at radius 2 is 1.93 bits per heavy atom. The molecule has 0 bridgehead atoms. The van der Waals surface area contributed by atoms with E-state index in [1.807, 2.05) is 31.2 Å². The fourth-order valence-electron chi connectivity index (χ4n) is 3.80. The van der Waals surface area contributed by atoms with Gasteiger partial charge in [-0.3, -0.25) is 9.80 Å². The molecule has 2 aromatic rings. The summed E-state index contributed by atoms with van der Waals surface area (Å²) >= 11 is 6.08. The van der Waals surface area contributed by atoms with Crippen molar-refractivity contribution in [3.8, 4) is 11.5 Å². The maximum absolute atomic E-state index is 10.1. The van der Waals surface area contributed by atoms with E-state index in [-0.39, 0.29) is 18.4 Å². The van der Waals surface area contributed by atoms with E-state index >= 15 is 0 Å². The van der Waals surface area contributed by atoms with Gasteiger partial charge in [-0.05, 0) is 37.6 Å². The Morgan fingerprint density at radius 1 is 1.11 bits per heavy atom. The summed E-state index contributed by atoms with van der Waals surface area (Å²) in [6.45, 7) is 6.88. The lowest BCUT2D eigenvalue weighted by Gasteiger charge is -2.41. The number of aliphatic hydroxyl groups excluding tert-OH is 1. The number of ether oxygens (including phenoxy) is 1. The highest BCUT2D eigenvalue weighted by molar-refractivity contribution is 6.30. The first kappa shape index (κ1) is 20.9. The number of hydrogen-bond donors (Lipinski definition) is 2. The van der Waals surface area contributed by atoms with Gasteiger partial charge in [0.2, 0.25) is 0 Å². The number of para-hydroxylation sites is 1. The minimum absolute atomic E-state index is 0.157. The molecular formula is C22H29ClN2O3. The van der Waals surface area contributed by atoms with Gasteiger partial charge in [0, 0.05) is 61.5 Å². The van der Waals surface area contributed by atoms with Gasteiger partial charge in [0.15, 0.2) is 0 Å². The molecule has 1 aliphatic rings. The Hall–Kier alpha value is -1.79. The van der Waals surface area contributed by atoms with Crippen molar-refractivity contribution in [2.24, 2.45) is 0 Å². The summed E-state index contributed by atoms with van der Waals surface area (Å²) in [5.41, 5.74) is 2.01. The molecule has 0 aromatic heterocycles. The van der Waals surface area contributed by atoms with Crippen LogP contribution in [0.4, 0.5) is 0 Å². The van der Waals surface area contributed by atoms with Crippen LogP contribution in [0.1, 0.15) is 24.5 Å². The molecule has 0 unspecified atom stereocenters. The smallest absolute Gasteiger partial charge is 0.123 e. The van der Waals surface area contributed by atoms with E-state index in [2.05, 4.69) is 15.9 Å². The number of phenols is 1. The van der Waals surface area contributed by atoms with Crippen molar-refractivity contribution >= 4 is 11.6 Å².